The molecule has 0 saturated heterocycles. The van der Waals surface area contributed by atoms with Crippen molar-refractivity contribution in [3.8, 4) is 0 Å². The first kappa shape index (κ1) is 19.9. The third-order valence-electron chi connectivity index (χ3n) is 3.50. The van der Waals surface area contributed by atoms with Crippen molar-refractivity contribution in [2.75, 3.05) is 0 Å². The highest BCUT2D eigenvalue weighted by Crippen LogP contribution is 2.24. The van der Waals surface area contributed by atoms with E-state index in [1.54, 1.807) is 6.26 Å². The average Bonchev–Trinajstić information content (AvgIpc) is 2.35. The van der Waals surface area contributed by atoms with Gasteiger partial charge >= 0.3 is 0 Å². The Morgan fingerprint density at radius 3 is 2.50 bits per heavy atom. The molecule has 1 N–H and O–H groups in total. The molecule has 1 aliphatic rings. The molecule has 0 bridgehead atoms. The van der Waals surface area contributed by atoms with E-state index in [4.69, 9.17) is 9.16 Å². The van der Waals surface area contributed by atoms with Crippen molar-refractivity contribution in [1.82, 2.24) is 4.72 Å². The van der Waals surface area contributed by atoms with Gasteiger partial charge in [-0.15, -0.1) is 0 Å². The zero-order valence-electron chi connectivity index (χ0n) is 15.1. The van der Waals surface area contributed by atoms with Crippen LogP contribution in [-0.4, -0.2) is 35.5 Å². The number of nitrogens with one attached hydrogen (secondary N) is 1. The Kier molecular flexibility index (Phi) is 7.30. The SMILES string of the molecule is CC(C)O[Si](C)(C)C[C@@H](NS(=O)C(C)(C)C)[C@@H]1CCC=CO1. The molecular formula is C16H33NO3SSi. The minimum Gasteiger partial charge on any atom is -0.497 e. The predicted molar refractivity (Wildman–Crippen MR) is 96.6 cm³/mol. The lowest BCUT2D eigenvalue weighted by atomic mass is 10.1. The van der Waals surface area contributed by atoms with Crippen molar-refractivity contribution in [3.63, 3.8) is 0 Å². The number of ether oxygens (including phenoxy) is 1. The van der Waals surface area contributed by atoms with Crippen LogP contribution >= 0.6 is 0 Å². The van der Waals surface area contributed by atoms with Gasteiger partial charge in [-0.2, -0.15) is 0 Å². The topological polar surface area (TPSA) is 47.6 Å². The summed E-state index contributed by atoms with van der Waals surface area (Å²) < 4.78 is 27.5. The van der Waals surface area contributed by atoms with Crippen molar-refractivity contribution in [2.45, 2.75) is 89.6 Å². The summed E-state index contributed by atoms with van der Waals surface area (Å²) in [5, 5.41) is 0. The molecule has 0 aromatic carbocycles. The molecule has 4 nitrogen and oxygen atoms in total. The third-order valence-corrected chi connectivity index (χ3v) is 7.66. The van der Waals surface area contributed by atoms with Gasteiger partial charge in [0.05, 0.1) is 28.0 Å². The van der Waals surface area contributed by atoms with Gasteiger partial charge in [0.1, 0.15) is 6.10 Å². The first-order valence-electron chi connectivity index (χ1n) is 8.17. The molecule has 130 valence electrons. The molecule has 1 aliphatic heterocycles. The van der Waals surface area contributed by atoms with Crippen molar-refractivity contribution < 1.29 is 13.4 Å². The van der Waals surface area contributed by atoms with Crippen LogP contribution in [0.3, 0.4) is 0 Å². The van der Waals surface area contributed by atoms with E-state index in [0.29, 0.717) is 0 Å². The third kappa shape index (κ3) is 6.94. The molecule has 1 rings (SSSR count). The summed E-state index contributed by atoms with van der Waals surface area (Å²) in [6, 6.07) is 0.955. The second-order valence-corrected chi connectivity index (χ2v) is 14.0. The van der Waals surface area contributed by atoms with Gasteiger partial charge in [0, 0.05) is 6.10 Å². The van der Waals surface area contributed by atoms with Gasteiger partial charge < -0.3 is 9.16 Å². The summed E-state index contributed by atoms with van der Waals surface area (Å²) >= 11 is 0. The second-order valence-electron chi connectivity index (χ2n) is 7.86. The highest BCUT2D eigenvalue weighted by Gasteiger charge is 2.36. The van der Waals surface area contributed by atoms with Gasteiger partial charge in [0.25, 0.3) is 0 Å². The molecule has 0 aromatic rings. The van der Waals surface area contributed by atoms with Gasteiger partial charge in [-0.1, -0.05) is 0 Å². The number of hydrogen-bond donors (Lipinski definition) is 1. The van der Waals surface area contributed by atoms with Crippen LogP contribution in [-0.2, 0) is 20.1 Å². The van der Waals surface area contributed by atoms with Crippen molar-refractivity contribution in [1.29, 1.82) is 0 Å². The van der Waals surface area contributed by atoms with E-state index >= 15 is 0 Å². The molecule has 1 unspecified atom stereocenters. The standard InChI is InChI=1S/C16H33NO3SSi/c1-13(2)20-22(6,7)12-14(15-10-8-9-11-19-15)17-21(18)16(3,4)5/h9,11,13-15,17H,8,10,12H2,1-7H3/t14-,15+,21?/m1/s1. The number of hydrogen-bond acceptors (Lipinski definition) is 3. The van der Waals surface area contributed by atoms with Crippen molar-refractivity contribution >= 4 is 19.3 Å². The Hall–Kier alpha value is -0.173. The maximum absolute atomic E-state index is 12.5. The van der Waals surface area contributed by atoms with E-state index in [2.05, 4.69) is 31.7 Å². The quantitative estimate of drug-likeness (QED) is 0.714. The van der Waals surface area contributed by atoms with E-state index < -0.39 is 19.3 Å². The monoisotopic (exact) mass is 347 g/mol. The zero-order chi connectivity index (χ0) is 17.0. The molecular weight excluding hydrogens is 314 g/mol. The largest absolute Gasteiger partial charge is 0.497 e. The fourth-order valence-corrected chi connectivity index (χ4v) is 6.44. The second kappa shape index (κ2) is 8.08. The van der Waals surface area contributed by atoms with Crippen LogP contribution in [0.25, 0.3) is 0 Å². The molecule has 0 radical (unpaired) electrons. The van der Waals surface area contributed by atoms with E-state index in [0.717, 1.165) is 18.9 Å². The minimum absolute atomic E-state index is 0.0606. The van der Waals surface area contributed by atoms with E-state index in [1.165, 1.54) is 0 Å². The van der Waals surface area contributed by atoms with Gasteiger partial charge in [-0.3, -0.25) is 0 Å². The average molecular weight is 348 g/mol. The lowest BCUT2D eigenvalue weighted by Gasteiger charge is -2.36. The van der Waals surface area contributed by atoms with Gasteiger partial charge in [0.2, 0.25) is 0 Å². The smallest absolute Gasteiger partial charge is 0.188 e. The van der Waals surface area contributed by atoms with Crippen molar-refractivity contribution in [2.24, 2.45) is 0 Å². The summed E-state index contributed by atoms with van der Waals surface area (Å²) in [6.07, 6.45) is 6.09. The van der Waals surface area contributed by atoms with Crippen LogP contribution in [0.2, 0.25) is 19.1 Å². The Labute approximate surface area is 139 Å². The van der Waals surface area contributed by atoms with Crippen LogP contribution in [0.15, 0.2) is 12.3 Å². The summed E-state index contributed by atoms with van der Waals surface area (Å²) in [5.41, 5.74) is 0. The molecule has 0 spiro atoms. The summed E-state index contributed by atoms with van der Waals surface area (Å²) in [7, 11) is -2.94. The van der Waals surface area contributed by atoms with Crippen molar-refractivity contribution in [3.05, 3.63) is 12.3 Å². The van der Waals surface area contributed by atoms with Crippen LogP contribution < -0.4 is 4.72 Å². The summed E-state index contributed by atoms with van der Waals surface area (Å²) in [5.74, 6) is 0. The predicted octanol–water partition coefficient (Wildman–Crippen LogP) is 3.73. The summed E-state index contributed by atoms with van der Waals surface area (Å²) in [6.45, 7) is 14.6. The summed E-state index contributed by atoms with van der Waals surface area (Å²) in [4.78, 5) is 0. The lowest BCUT2D eigenvalue weighted by Crippen LogP contribution is -2.51. The molecule has 6 heteroatoms. The molecule has 0 fully saturated rings. The molecule has 0 saturated carbocycles. The molecule has 0 aliphatic carbocycles. The maximum atomic E-state index is 12.5. The fourth-order valence-electron chi connectivity index (χ4n) is 2.63. The maximum Gasteiger partial charge on any atom is 0.188 e. The Morgan fingerprint density at radius 1 is 1.41 bits per heavy atom. The van der Waals surface area contributed by atoms with E-state index in [1.807, 2.05) is 26.8 Å². The molecule has 0 amide bonds. The highest BCUT2D eigenvalue weighted by molar-refractivity contribution is 7.84. The lowest BCUT2D eigenvalue weighted by molar-refractivity contribution is 0.0966. The Bertz CT molecular complexity index is 405. The molecule has 0 aromatic heterocycles. The Balaban J connectivity index is 2.82. The minimum atomic E-state index is -1.84. The van der Waals surface area contributed by atoms with Crippen LogP contribution in [0, 0.1) is 0 Å². The van der Waals surface area contributed by atoms with Crippen LogP contribution in [0.5, 0.6) is 0 Å². The first-order valence-corrected chi connectivity index (χ1v) is 12.4. The van der Waals surface area contributed by atoms with Gasteiger partial charge in [-0.25, -0.2) is 8.93 Å². The van der Waals surface area contributed by atoms with Gasteiger partial charge in [-0.05, 0) is 72.7 Å². The highest BCUT2D eigenvalue weighted by atomic mass is 32.2. The van der Waals surface area contributed by atoms with Gasteiger partial charge in [0.15, 0.2) is 8.32 Å². The molecule has 1 heterocycles. The van der Waals surface area contributed by atoms with Crippen LogP contribution in [0.1, 0.15) is 47.5 Å². The zero-order valence-corrected chi connectivity index (χ0v) is 17.0. The first-order chi connectivity index (χ1) is 10.0. The molecule has 22 heavy (non-hydrogen) atoms. The van der Waals surface area contributed by atoms with Crippen LogP contribution in [0.4, 0.5) is 0 Å². The number of allylic oxidation sites excluding steroid dienone is 1. The Morgan fingerprint density at radius 2 is 2.05 bits per heavy atom. The molecule has 3 atom stereocenters. The van der Waals surface area contributed by atoms with E-state index in [-0.39, 0.29) is 23.0 Å². The van der Waals surface area contributed by atoms with E-state index in [9.17, 15) is 4.21 Å². The number of rotatable bonds is 7. The normalized spacial score (nSPS) is 22.5. The fraction of sp³-hybridized carbons (Fsp3) is 0.875.